The number of nitrogens with zero attached hydrogens (tertiary/aromatic N) is 4. The van der Waals surface area contributed by atoms with Crippen LogP contribution in [-0.4, -0.2) is 53.3 Å². The van der Waals surface area contributed by atoms with E-state index in [0.29, 0.717) is 0 Å². The molecule has 5 nitrogen and oxygen atoms in total. The van der Waals surface area contributed by atoms with Crippen LogP contribution in [0.3, 0.4) is 0 Å². The van der Waals surface area contributed by atoms with Gasteiger partial charge in [-0.25, -0.2) is 4.98 Å². The molecule has 1 spiro atoms. The Morgan fingerprint density at radius 3 is 3.09 bits per heavy atom. The monoisotopic (exact) mass is 330 g/mol. The summed E-state index contributed by atoms with van der Waals surface area (Å²) in [7, 11) is 0. The van der Waals surface area contributed by atoms with E-state index in [1.165, 1.54) is 4.88 Å². The van der Waals surface area contributed by atoms with Crippen molar-refractivity contribution in [3.8, 4) is 0 Å². The molecule has 2 aromatic rings. The largest absolute Gasteiger partial charge is 0.370 e. The zero-order valence-corrected chi connectivity index (χ0v) is 14.0. The molecule has 6 heteroatoms. The number of hydrogen-bond acceptors (Lipinski definition) is 6. The molecule has 2 aliphatic rings. The fourth-order valence-corrected chi connectivity index (χ4v) is 4.42. The lowest BCUT2D eigenvalue weighted by Gasteiger charge is -2.48. The lowest BCUT2D eigenvalue weighted by atomic mass is 9.90. The predicted octanol–water partition coefficient (Wildman–Crippen LogP) is 2.41. The molecule has 23 heavy (non-hydrogen) atoms. The van der Waals surface area contributed by atoms with Crippen LogP contribution in [0, 0.1) is 0 Å². The Labute approximate surface area is 140 Å². The third kappa shape index (κ3) is 3.39. The highest BCUT2D eigenvalue weighted by Gasteiger charge is 2.40. The summed E-state index contributed by atoms with van der Waals surface area (Å²) in [4.78, 5) is 15.0. The highest BCUT2D eigenvalue weighted by atomic mass is 32.1. The van der Waals surface area contributed by atoms with Gasteiger partial charge in [0.05, 0.1) is 18.4 Å². The van der Waals surface area contributed by atoms with E-state index < -0.39 is 0 Å². The molecule has 0 bridgehead atoms. The number of aromatic nitrogens is 2. The van der Waals surface area contributed by atoms with E-state index in [2.05, 4.69) is 37.3 Å². The van der Waals surface area contributed by atoms with Crippen molar-refractivity contribution >= 4 is 17.2 Å². The molecule has 2 saturated heterocycles. The highest BCUT2D eigenvalue weighted by molar-refractivity contribution is 7.09. The Morgan fingerprint density at radius 2 is 2.26 bits per heavy atom. The Morgan fingerprint density at radius 1 is 1.26 bits per heavy atom. The summed E-state index contributed by atoms with van der Waals surface area (Å²) in [5.74, 6) is 0.963. The van der Waals surface area contributed by atoms with Gasteiger partial charge in [0, 0.05) is 50.0 Å². The van der Waals surface area contributed by atoms with Crippen LogP contribution < -0.4 is 4.90 Å². The highest BCUT2D eigenvalue weighted by Crippen LogP contribution is 2.31. The first-order valence-electron chi connectivity index (χ1n) is 8.23. The molecule has 122 valence electrons. The normalized spacial score (nSPS) is 25.8. The van der Waals surface area contributed by atoms with Crippen LogP contribution in [0.5, 0.6) is 0 Å². The molecule has 4 heterocycles. The molecule has 2 fully saturated rings. The second-order valence-corrected chi connectivity index (χ2v) is 7.44. The third-order valence-corrected chi connectivity index (χ3v) is 5.56. The van der Waals surface area contributed by atoms with Crippen molar-refractivity contribution in [1.82, 2.24) is 14.9 Å². The van der Waals surface area contributed by atoms with Crippen molar-refractivity contribution in [3.63, 3.8) is 0 Å². The van der Waals surface area contributed by atoms with E-state index in [1.807, 2.05) is 17.5 Å². The molecule has 0 saturated carbocycles. The number of anilines is 1. The van der Waals surface area contributed by atoms with E-state index in [-0.39, 0.29) is 5.60 Å². The van der Waals surface area contributed by atoms with E-state index in [0.717, 1.165) is 58.0 Å². The molecule has 1 atom stereocenters. The standard InChI is InChI=1S/C17H22N4OS/c1-3-15(23-10-1)12-20-8-9-22-17(13-20)4-2-7-21(14-17)16-11-18-5-6-19-16/h1,3,5-6,10-11H,2,4,7-9,12-14H2/t17-/m1/s1. The van der Waals surface area contributed by atoms with E-state index in [9.17, 15) is 0 Å². The minimum absolute atomic E-state index is 0.0642. The summed E-state index contributed by atoms with van der Waals surface area (Å²) in [6.45, 7) is 5.82. The second-order valence-electron chi connectivity index (χ2n) is 6.41. The van der Waals surface area contributed by atoms with Crippen molar-refractivity contribution in [1.29, 1.82) is 0 Å². The fourth-order valence-electron chi connectivity index (χ4n) is 3.68. The van der Waals surface area contributed by atoms with Gasteiger partial charge in [0.25, 0.3) is 0 Å². The minimum Gasteiger partial charge on any atom is -0.370 e. The summed E-state index contributed by atoms with van der Waals surface area (Å²) in [5.41, 5.74) is -0.0642. The Bertz CT molecular complexity index is 617. The van der Waals surface area contributed by atoms with Gasteiger partial charge in [0.2, 0.25) is 0 Å². The number of rotatable bonds is 3. The number of hydrogen-bond donors (Lipinski definition) is 0. The Balaban J connectivity index is 1.46. The summed E-state index contributed by atoms with van der Waals surface area (Å²) in [6.07, 6.45) is 7.61. The maximum absolute atomic E-state index is 6.28. The van der Waals surface area contributed by atoms with Crippen molar-refractivity contribution in [3.05, 3.63) is 41.0 Å². The average molecular weight is 330 g/mol. The van der Waals surface area contributed by atoms with Crippen LogP contribution in [0.2, 0.25) is 0 Å². The molecule has 0 amide bonds. The minimum atomic E-state index is -0.0642. The molecule has 0 aromatic carbocycles. The van der Waals surface area contributed by atoms with Gasteiger partial charge in [-0.05, 0) is 24.3 Å². The van der Waals surface area contributed by atoms with Crippen LogP contribution in [0.15, 0.2) is 36.1 Å². The van der Waals surface area contributed by atoms with Gasteiger partial charge in [0.15, 0.2) is 0 Å². The van der Waals surface area contributed by atoms with Gasteiger partial charge in [-0.2, -0.15) is 0 Å². The van der Waals surface area contributed by atoms with Crippen LogP contribution in [0.4, 0.5) is 5.82 Å². The van der Waals surface area contributed by atoms with Gasteiger partial charge >= 0.3 is 0 Å². The van der Waals surface area contributed by atoms with Crippen LogP contribution in [-0.2, 0) is 11.3 Å². The first-order valence-corrected chi connectivity index (χ1v) is 9.11. The first-order chi connectivity index (χ1) is 11.3. The van der Waals surface area contributed by atoms with Crippen molar-refractivity contribution in [2.24, 2.45) is 0 Å². The van der Waals surface area contributed by atoms with Gasteiger partial charge in [-0.1, -0.05) is 6.07 Å². The summed E-state index contributed by atoms with van der Waals surface area (Å²) < 4.78 is 6.28. The third-order valence-electron chi connectivity index (χ3n) is 4.70. The lowest BCUT2D eigenvalue weighted by Crippen LogP contribution is -2.59. The zero-order valence-electron chi connectivity index (χ0n) is 13.2. The smallest absolute Gasteiger partial charge is 0.147 e. The van der Waals surface area contributed by atoms with Crippen LogP contribution in [0.1, 0.15) is 17.7 Å². The van der Waals surface area contributed by atoms with Gasteiger partial charge in [-0.3, -0.25) is 9.88 Å². The molecule has 0 radical (unpaired) electrons. The van der Waals surface area contributed by atoms with Crippen molar-refractivity contribution in [2.45, 2.75) is 25.0 Å². The zero-order chi connectivity index (χ0) is 15.5. The van der Waals surface area contributed by atoms with Gasteiger partial charge < -0.3 is 9.64 Å². The molecule has 0 N–H and O–H groups in total. The molecular formula is C17H22N4OS. The average Bonchev–Trinajstić information content (AvgIpc) is 3.09. The molecule has 0 unspecified atom stereocenters. The topological polar surface area (TPSA) is 41.5 Å². The molecular weight excluding hydrogens is 308 g/mol. The van der Waals surface area contributed by atoms with E-state index >= 15 is 0 Å². The number of morpholine rings is 1. The van der Waals surface area contributed by atoms with Crippen LogP contribution >= 0.6 is 11.3 Å². The molecule has 2 aromatic heterocycles. The quantitative estimate of drug-likeness (QED) is 0.864. The van der Waals surface area contributed by atoms with Gasteiger partial charge in [0.1, 0.15) is 5.82 Å². The first kappa shape index (κ1) is 15.1. The second kappa shape index (κ2) is 6.55. The summed E-state index contributed by atoms with van der Waals surface area (Å²) in [5, 5.41) is 2.15. The molecule has 0 aliphatic carbocycles. The summed E-state index contributed by atoms with van der Waals surface area (Å²) in [6, 6.07) is 4.35. The fraction of sp³-hybridized carbons (Fsp3) is 0.529. The molecule has 4 rings (SSSR count). The van der Waals surface area contributed by atoms with Crippen LogP contribution in [0.25, 0.3) is 0 Å². The Kier molecular flexibility index (Phi) is 4.29. The number of thiophene rings is 1. The predicted molar refractivity (Wildman–Crippen MR) is 91.8 cm³/mol. The van der Waals surface area contributed by atoms with E-state index in [4.69, 9.17) is 4.74 Å². The lowest BCUT2D eigenvalue weighted by molar-refractivity contribution is -0.116. The maximum atomic E-state index is 6.28. The SMILES string of the molecule is c1csc(CN2CCO[C@]3(CCCN(c4cnccn4)C3)C2)c1. The Hall–Kier alpha value is -1.50. The molecule has 2 aliphatic heterocycles. The van der Waals surface area contributed by atoms with Gasteiger partial charge in [-0.15, -0.1) is 11.3 Å². The maximum Gasteiger partial charge on any atom is 0.147 e. The summed E-state index contributed by atoms with van der Waals surface area (Å²) >= 11 is 1.84. The van der Waals surface area contributed by atoms with Crippen molar-refractivity contribution < 1.29 is 4.74 Å². The number of ether oxygens (including phenoxy) is 1. The van der Waals surface area contributed by atoms with Crippen molar-refractivity contribution in [2.75, 3.05) is 37.7 Å². The van der Waals surface area contributed by atoms with E-state index in [1.54, 1.807) is 12.4 Å². The number of piperidine rings is 1.